The van der Waals surface area contributed by atoms with Crippen molar-refractivity contribution in [3.63, 3.8) is 0 Å². The maximum absolute atomic E-state index is 12.6. The molecule has 1 heterocycles. The van der Waals surface area contributed by atoms with Crippen LogP contribution < -0.4 is 0 Å². The molecule has 0 aromatic carbocycles. The first-order chi connectivity index (χ1) is 5.57. The van der Waals surface area contributed by atoms with Gasteiger partial charge in [-0.1, -0.05) is 0 Å². The van der Waals surface area contributed by atoms with E-state index in [-0.39, 0.29) is 0 Å². The van der Waals surface area contributed by atoms with Crippen LogP contribution in [0.4, 0.5) is 13.2 Å². The molecule has 0 aliphatic carbocycles. The Morgan fingerprint density at radius 2 is 1.83 bits per heavy atom. The van der Waals surface area contributed by atoms with Crippen molar-refractivity contribution in [2.75, 3.05) is 0 Å². The number of hydrogen-bond donors (Lipinski definition) is 0. The number of hydrogen-bond acceptors (Lipinski definition) is 2. The minimum Gasteiger partial charge on any atom is -0.205 e. The van der Waals surface area contributed by atoms with Crippen LogP contribution in [0.25, 0.3) is 0 Å². The molecule has 62 valence electrons. The largest absolute Gasteiger partial charge is 0.220 e. The molecule has 0 unspecified atom stereocenters. The SMILES string of the molecule is Cc1c(F)nc(C#N)c(F)c1F. The van der Waals surface area contributed by atoms with Gasteiger partial charge in [0.1, 0.15) is 6.07 Å². The van der Waals surface area contributed by atoms with Gasteiger partial charge in [0.05, 0.1) is 0 Å². The molecule has 0 radical (unpaired) electrons. The molecule has 12 heavy (non-hydrogen) atoms. The Morgan fingerprint density at radius 3 is 2.33 bits per heavy atom. The zero-order valence-corrected chi connectivity index (χ0v) is 6.03. The fraction of sp³-hybridized carbons (Fsp3) is 0.143. The van der Waals surface area contributed by atoms with Crippen molar-refractivity contribution in [3.8, 4) is 6.07 Å². The summed E-state index contributed by atoms with van der Waals surface area (Å²) in [7, 11) is 0. The molecule has 0 aliphatic rings. The zero-order valence-electron chi connectivity index (χ0n) is 6.03. The summed E-state index contributed by atoms with van der Waals surface area (Å²) < 4.78 is 37.8. The highest BCUT2D eigenvalue weighted by molar-refractivity contribution is 5.27. The number of nitrogens with zero attached hydrogens (tertiary/aromatic N) is 2. The van der Waals surface area contributed by atoms with E-state index in [0.29, 0.717) is 0 Å². The molecular formula is C7H3F3N2. The van der Waals surface area contributed by atoms with E-state index < -0.39 is 28.8 Å². The molecule has 0 saturated carbocycles. The summed E-state index contributed by atoms with van der Waals surface area (Å²) in [4.78, 5) is 2.91. The molecule has 1 aromatic heterocycles. The van der Waals surface area contributed by atoms with Gasteiger partial charge in [-0.2, -0.15) is 9.65 Å². The van der Waals surface area contributed by atoms with Gasteiger partial charge in [-0.25, -0.2) is 13.8 Å². The van der Waals surface area contributed by atoms with E-state index in [1.54, 1.807) is 0 Å². The van der Waals surface area contributed by atoms with Gasteiger partial charge in [-0.05, 0) is 6.92 Å². The van der Waals surface area contributed by atoms with Crippen molar-refractivity contribution in [1.82, 2.24) is 4.98 Å². The Hall–Kier alpha value is -1.57. The van der Waals surface area contributed by atoms with Crippen LogP contribution >= 0.6 is 0 Å². The molecule has 0 bridgehead atoms. The third-order valence-corrected chi connectivity index (χ3v) is 1.36. The number of aromatic nitrogens is 1. The third kappa shape index (κ3) is 1.11. The van der Waals surface area contributed by atoms with Crippen LogP contribution in [0.1, 0.15) is 11.3 Å². The Kier molecular flexibility index (Phi) is 2.00. The molecule has 0 spiro atoms. The molecule has 0 atom stereocenters. The average Bonchev–Trinajstić information content (AvgIpc) is 2.08. The molecule has 5 heteroatoms. The predicted octanol–water partition coefficient (Wildman–Crippen LogP) is 1.68. The van der Waals surface area contributed by atoms with Gasteiger partial charge in [0.2, 0.25) is 5.95 Å². The van der Waals surface area contributed by atoms with E-state index in [0.717, 1.165) is 6.92 Å². The van der Waals surface area contributed by atoms with Crippen molar-refractivity contribution in [2.24, 2.45) is 0 Å². The number of nitriles is 1. The second kappa shape index (κ2) is 2.81. The Morgan fingerprint density at radius 1 is 1.25 bits per heavy atom. The van der Waals surface area contributed by atoms with Crippen molar-refractivity contribution >= 4 is 0 Å². The van der Waals surface area contributed by atoms with Crippen molar-refractivity contribution in [3.05, 3.63) is 28.8 Å². The monoisotopic (exact) mass is 172 g/mol. The average molecular weight is 172 g/mol. The van der Waals surface area contributed by atoms with Gasteiger partial charge in [-0.15, -0.1) is 0 Å². The number of pyridine rings is 1. The summed E-state index contributed by atoms with van der Waals surface area (Å²) in [5, 5.41) is 8.17. The normalized spacial score (nSPS) is 9.58. The van der Waals surface area contributed by atoms with E-state index in [1.165, 1.54) is 6.07 Å². The van der Waals surface area contributed by atoms with Crippen molar-refractivity contribution in [1.29, 1.82) is 5.26 Å². The van der Waals surface area contributed by atoms with E-state index >= 15 is 0 Å². The van der Waals surface area contributed by atoms with Gasteiger partial charge in [-0.3, -0.25) is 0 Å². The highest BCUT2D eigenvalue weighted by atomic mass is 19.2. The van der Waals surface area contributed by atoms with Gasteiger partial charge in [0.25, 0.3) is 0 Å². The van der Waals surface area contributed by atoms with Crippen LogP contribution in [0, 0.1) is 35.8 Å². The first-order valence-electron chi connectivity index (χ1n) is 2.99. The highest BCUT2D eigenvalue weighted by Crippen LogP contribution is 2.14. The second-order valence-electron chi connectivity index (χ2n) is 2.12. The molecule has 1 rings (SSSR count). The predicted molar refractivity (Wildman–Crippen MR) is 33.6 cm³/mol. The Labute approximate surface area is 66.3 Å². The minimum absolute atomic E-state index is 0.522. The van der Waals surface area contributed by atoms with Crippen LogP contribution in [-0.2, 0) is 0 Å². The lowest BCUT2D eigenvalue weighted by atomic mass is 10.2. The van der Waals surface area contributed by atoms with E-state index in [2.05, 4.69) is 4.98 Å². The van der Waals surface area contributed by atoms with Crippen molar-refractivity contribution < 1.29 is 13.2 Å². The zero-order chi connectivity index (χ0) is 9.30. The first-order valence-corrected chi connectivity index (χ1v) is 2.99. The third-order valence-electron chi connectivity index (χ3n) is 1.36. The smallest absolute Gasteiger partial charge is 0.205 e. The lowest BCUT2D eigenvalue weighted by Crippen LogP contribution is -2.02. The standard InChI is InChI=1S/C7H3F3N2/c1-3-5(8)6(9)4(2-11)12-7(3)10/h1H3. The summed E-state index contributed by atoms with van der Waals surface area (Å²) in [6.07, 6.45) is 0. The molecular weight excluding hydrogens is 169 g/mol. The van der Waals surface area contributed by atoms with Crippen LogP contribution in [0.5, 0.6) is 0 Å². The summed E-state index contributed by atoms with van der Waals surface area (Å²) in [5.74, 6) is -3.93. The van der Waals surface area contributed by atoms with E-state index in [4.69, 9.17) is 5.26 Å². The molecule has 0 saturated heterocycles. The van der Waals surface area contributed by atoms with E-state index in [9.17, 15) is 13.2 Å². The lowest BCUT2D eigenvalue weighted by molar-refractivity contribution is 0.465. The summed E-state index contributed by atoms with van der Waals surface area (Å²) >= 11 is 0. The summed E-state index contributed by atoms with van der Waals surface area (Å²) in [6.45, 7) is 1.04. The maximum Gasteiger partial charge on any atom is 0.220 e. The maximum atomic E-state index is 12.6. The van der Waals surface area contributed by atoms with Gasteiger partial charge >= 0.3 is 0 Å². The molecule has 0 fully saturated rings. The summed E-state index contributed by atoms with van der Waals surface area (Å²) in [5.41, 5.74) is -1.39. The molecule has 0 N–H and O–H groups in total. The van der Waals surface area contributed by atoms with Crippen LogP contribution in [0.2, 0.25) is 0 Å². The van der Waals surface area contributed by atoms with Gasteiger partial charge in [0.15, 0.2) is 17.3 Å². The first kappa shape index (κ1) is 8.53. The minimum atomic E-state index is -1.41. The quantitative estimate of drug-likeness (QED) is 0.558. The van der Waals surface area contributed by atoms with Crippen LogP contribution in [-0.4, -0.2) is 4.98 Å². The fourth-order valence-corrected chi connectivity index (χ4v) is 0.664. The second-order valence-corrected chi connectivity index (χ2v) is 2.12. The Balaban J connectivity index is 3.52. The number of halogens is 3. The topological polar surface area (TPSA) is 36.7 Å². The molecule has 0 amide bonds. The molecule has 2 nitrogen and oxygen atoms in total. The van der Waals surface area contributed by atoms with Gasteiger partial charge < -0.3 is 0 Å². The van der Waals surface area contributed by atoms with E-state index in [1.807, 2.05) is 0 Å². The van der Waals surface area contributed by atoms with Gasteiger partial charge in [0, 0.05) is 5.56 Å². The molecule has 1 aromatic rings. The van der Waals surface area contributed by atoms with Crippen molar-refractivity contribution in [2.45, 2.75) is 6.92 Å². The summed E-state index contributed by atoms with van der Waals surface area (Å²) in [6, 6.07) is 1.24. The lowest BCUT2D eigenvalue weighted by Gasteiger charge is -1.99. The fourth-order valence-electron chi connectivity index (χ4n) is 0.664. The number of rotatable bonds is 0. The van der Waals surface area contributed by atoms with Crippen LogP contribution in [0.3, 0.4) is 0 Å². The highest BCUT2D eigenvalue weighted by Gasteiger charge is 2.16. The Bertz CT molecular complexity index is 368. The van der Waals surface area contributed by atoms with Crippen LogP contribution in [0.15, 0.2) is 0 Å². The molecule has 0 aliphatic heterocycles.